The Labute approximate surface area is 89.0 Å². The molecule has 1 heterocycles. The Morgan fingerprint density at radius 1 is 1.20 bits per heavy atom. The molecule has 0 spiro atoms. The molecule has 78 valence electrons. The van der Waals surface area contributed by atoms with E-state index in [9.17, 15) is 4.39 Å². The van der Waals surface area contributed by atoms with E-state index in [0.717, 1.165) is 18.4 Å². The number of rotatable bonds is 3. The molecule has 0 bridgehead atoms. The van der Waals surface area contributed by atoms with E-state index in [0.29, 0.717) is 0 Å². The third kappa shape index (κ3) is 2.46. The Bertz CT molecular complexity index is 445. The van der Waals surface area contributed by atoms with Crippen LogP contribution in [0.3, 0.4) is 0 Å². The normalized spacial score (nSPS) is 10.5. The molecular weight excluding hydrogens is 189 g/mol. The van der Waals surface area contributed by atoms with Gasteiger partial charge in [-0.15, -0.1) is 0 Å². The Kier molecular flexibility index (Phi) is 2.86. The number of nitrogens with one attached hydrogen (secondary N) is 1. The number of aryl methyl sites for hydroxylation is 3. The van der Waals surface area contributed by atoms with Crippen LogP contribution < -0.4 is 0 Å². The van der Waals surface area contributed by atoms with E-state index in [1.165, 1.54) is 17.2 Å². The van der Waals surface area contributed by atoms with Gasteiger partial charge in [-0.3, -0.25) is 0 Å². The Balaban J connectivity index is 2.02. The number of benzene rings is 1. The molecule has 2 heteroatoms. The molecule has 1 nitrogen and oxygen atoms in total. The van der Waals surface area contributed by atoms with Crippen LogP contribution in [0.2, 0.25) is 0 Å². The van der Waals surface area contributed by atoms with Crippen LogP contribution in [0.5, 0.6) is 0 Å². The monoisotopic (exact) mass is 203 g/mol. The maximum absolute atomic E-state index is 12.9. The van der Waals surface area contributed by atoms with Crippen LogP contribution in [0.25, 0.3) is 0 Å². The van der Waals surface area contributed by atoms with Crippen molar-refractivity contribution >= 4 is 0 Å². The molecule has 0 unspecified atom stereocenters. The third-order valence-corrected chi connectivity index (χ3v) is 2.64. The Morgan fingerprint density at radius 2 is 2.07 bits per heavy atom. The summed E-state index contributed by atoms with van der Waals surface area (Å²) < 4.78 is 12.9. The lowest BCUT2D eigenvalue weighted by Gasteiger charge is -2.01. The molecule has 0 fully saturated rings. The first-order valence-corrected chi connectivity index (χ1v) is 5.12. The number of hydrogen-bond acceptors (Lipinski definition) is 0. The van der Waals surface area contributed by atoms with Gasteiger partial charge in [-0.2, -0.15) is 0 Å². The molecule has 0 radical (unpaired) electrons. The van der Waals surface area contributed by atoms with E-state index < -0.39 is 0 Å². The van der Waals surface area contributed by atoms with E-state index in [2.05, 4.69) is 11.9 Å². The van der Waals surface area contributed by atoms with E-state index in [1.807, 2.05) is 18.5 Å². The van der Waals surface area contributed by atoms with Crippen LogP contribution in [-0.4, -0.2) is 4.98 Å². The van der Waals surface area contributed by atoms with Gasteiger partial charge in [0.2, 0.25) is 0 Å². The topological polar surface area (TPSA) is 15.8 Å². The molecule has 2 aromatic rings. The summed E-state index contributed by atoms with van der Waals surface area (Å²) >= 11 is 0. The van der Waals surface area contributed by atoms with Gasteiger partial charge in [0, 0.05) is 12.4 Å². The van der Waals surface area contributed by atoms with Gasteiger partial charge in [-0.25, -0.2) is 4.39 Å². The molecule has 1 aromatic heterocycles. The molecular formula is C13H14FN. The van der Waals surface area contributed by atoms with Gasteiger partial charge in [0.25, 0.3) is 0 Å². The van der Waals surface area contributed by atoms with Crippen molar-refractivity contribution in [2.24, 2.45) is 0 Å². The van der Waals surface area contributed by atoms with Crippen LogP contribution in [0.1, 0.15) is 16.7 Å². The fourth-order valence-electron chi connectivity index (χ4n) is 1.71. The molecule has 0 atom stereocenters. The Morgan fingerprint density at radius 3 is 2.73 bits per heavy atom. The van der Waals surface area contributed by atoms with Crippen LogP contribution in [0.15, 0.2) is 36.7 Å². The highest BCUT2D eigenvalue weighted by Gasteiger charge is 2.00. The summed E-state index contributed by atoms with van der Waals surface area (Å²) in [5.74, 6) is -0.154. The van der Waals surface area contributed by atoms with Gasteiger partial charge in [0.05, 0.1) is 0 Å². The van der Waals surface area contributed by atoms with Gasteiger partial charge in [0.1, 0.15) is 5.82 Å². The fourth-order valence-corrected chi connectivity index (χ4v) is 1.71. The minimum atomic E-state index is -0.154. The zero-order chi connectivity index (χ0) is 10.7. The van der Waals surface area contributed by atoms with Gasteiger partial charge in [-0.05, 0) is 48.6 Å². The molecule has 15 heavy (non-hydrogen) atoms. The van der Waals surface area contributed by atoms with Crippen molar-refractivity contribution in [1.29, 1.82) is 0 Å². The SMILES string of the molecule is Cc1c[nH]cc1CCc1cccc(F)c1. The smallest absolute Gasteiger partial charge is 0.123 e. The zero-order valence-corrected chi connectivity index (χ0v) is 8.76. The standard InChI is InChI=1S/C13H14FN/c1-10-8-15-9-12(10)6-5-11-3-2-4-13(14)7-11/h2-4,7-9,15H,5-6H2,1H3. The fraction of sp³-hybridized carbons (Fsp3) is 0.231. The lowest BCUT2D eigenvalue weighted by atomic mass is 10.0. The second kappa shape index (κ2) is 4.30. The molecule has 0 aliphatic rings. The van der Waals surface area contributed by atoms with Gasteiger partial charge < -0.3 is 4.98 Å². The predicted octanol–water partition coefficient (Wildman–Crippen LogP) is 3.25. The quantitative estimate of drug-likeness (QED) is 0.788. The number of hydrogen-bond donors (Lipinski definition) is 1. The highest BCUT2D eigenvalue weighted by molar-refractivity contribution is 5.24. The average molecular weight is 203 g/mol. The maximum atomic E-state index is 12.9. The lowest BCUT2D eigenvalue weighted by Crippen LogP contribution is -1.92. The van der Waals surface area contributed by atoms with Crippen LogP contribution in [-0.2, 0) is 12.8 Å². The molecule has 0 saturated carbocycles. The highest BCUT2D eigenvalue weighted by atomic mass is 19.1. The molecule has 0 aliphatic carbocycles. The first-order chi connectivity index (χ1) is 7.25. The van der Waals surface area contributed by atoms with E-state index in [4.69, 9.17) is 0 Å². The number of aromatic amines is 1. The lowest BCUT2D eigenvalue weighted by molar-refractivity contribution is 0.625. The maximum Gasteiger partial charge on any atom is 0.123 e. The first kappa shape index (κ1) is 9.97. The molecule has 1 N–H and O–H groups in total. The second-order valence-electron chi connectivity index (χ2n) is 3.79. The summed E-state index contributed by atoms with van der Waals surface area (Å²) in [6, 6.07) is 6.80. The average Bonchev–Trinajstić information content (AvgIpc) is 2.61. The summed E-state index contributed by atoms with van der Waals surface area (Å²) in [5.41, 5.74) is 3.63. The van der Waals surface area contributed by atoms with Crippen molar-refractivity contribution in [1.82, 2.24) is 4.98 Å². The van der Waals surface area contributed by atoms with E-state index >= 15 is 0 Å². The van der Waals surface area contributed by atoms with Crippen molar-refractivity contribution in [2.45, 2.75) is 19.8 Å². The number of H-pyrrole nitrogens is 1. The number of halogens is 1. The van der Waals surface area contributed by atoms with Gasteiger partial charge >= 0.3 is 0 Å². The molecule has 2 rings (SSSR count). The number of aromatic nitrogens is 1. The summed E-state index contributed by atoms with van der Waals surface area (Å²) in [7, 11) is 0. The van der Waals surface area contributed by atoms with E-state index in [-0.39, 0.29) is 5.82 Å². The largest absolute Gasteiger partial charge is 0.367 e. The van der Waals surface area contributed by atoms with Crippen molar-refractivity contribution in [3.63, 3.8) is 0 Å². The van der Waals surface area contributed by atoms with Crippen molar-refractivity contribution in [3.8, 4) is 0 Å². The summed E-state index contributed by atoms with van der Waals surface area (Å²) in [5, 5.41) is 0. The summed E-state index contributed by atoms with van der Waals surface area (Å²) in [4.78, 5) is 3.07. The van der Waals surface area contributed by atoms with Crippen molar-refractivity contribution < 1.29 is 4.39 Å². The van der Waals surface area contributed by atoms with Gasteiger partial charge in [-0.1, -0.05) is 12.1 Å². The van der Waals surface area contributed by atoms with Crippen LogP contribution >= 0.6 is 0 Å². The first-order valence-electron chi connectivity index (χ1n) is 5.12. The predicted molar refractivity (Wildman–Crippen MR) is 59.3 cm³/mol. The molecule has 1 aromatic carbocycles. The van der Waals surface area contributed by atoms with Crippen molar-refractivity contribution in [3.05, 3.63) is 59.2 Å². The third-order valence-electron chi connectivity index (χ3n) is 2.64. The van der Waals surface area contributed by atoms with E-state index in [1.54, 1.807) is 12.1 Å². The molecule has 0 aliphatic heterocycles. The second-order valence-corrected chi connectivity index (χ2v) is 3.79. The summed E-state index contributed by atoms with van der Waals surface area (Å²) in [6.45, 7) is 2.08. The van der Waals surface area contributed by atoms with Gasteiger partial charge in [0.15, 0.2) is 0 Å². The zero-order valence-electron chi connectivity index (χ0n) is 8.76. The molecule has 0 amide bonds. The highest BCUT2D eigenvalue weighted by Crippen LogP contribution is 2.11. The van der Waals surface area contributed by atoms with Crippen molar-refractivity contribution in [2.75, 3.05) is 0 Å². The Hall–Kier alpha value is -1.57. The van der Waals surface area contributed by atoms with Crippen LogP contribution in [0, 0.1) is 12.7 Å². The minimum Gasteiger partial charge on any atom is -0.367 e. The summed E-state index contributed by atoms with van der Waals surface area (Å²) in [6.07, 6.45) is 5.84. The molecule has 0 saturated heterocycles. The van der Waals surface area contributed by atoms with Crippen LogP contribution in [0.4, 0.5) is 4.39 Å². The minimum absolute atomic E-state index is 0.154.